The zero-order valence-corrected chi connectivity index (χ0v) is 9.61. The first-order valence-electron chi connectivity index (χ1n) is 5.65. The fraction of sp³-hybridized carbons (Fsp3) is 0.909. The normalized spacial score (nSPS) is 17.5. The number of aliphatic hydroxyl groups is 1. The van der Waals surface area contributed by atoms with E-state index in [0.29, 0.717) is 32.1 Å². The van der Waals surface area contributed by atoms with E-state index in [-0.39, 0.29) is 12.0 Å². The van der Waals surface area contributed by atoms with Gasteiger partial charge < -0.3 is 14.7 Å². The molecule has 1 amide bonds. The molecule has 0 aromatic heterocycles. The summed E-state index contributed by atoms with van der Waals surface area (Å²) in [7, 11) is 1.74. The topological polar surface area (TPSA) is 49.8 Å². The molecular formula is C11H21NO3. The van der Waals surface area contributed by atoms with Crippen molar-refractivity contribution in [3.63, 3.8) is 0 Å². The molecule has 1 saturated carbocycles. The molecule has 88 valence electrons. The Morgan fingerprint density at radius 1 is 1.60 bits per heavy atom. The van der Waals surface area contributed by atoms with E-state index >= 15 is 0 Å². The van der Waals surface area contributed by atoms with Crippen LogP contribution in [0.2, 0.25) is 0 Å². The largest absolute Gasteiger partial charge is 0.391 e. The lowest BCUT2D eigenvalue weighted by Crippen LogP contribution is -2.35. The first-order chi connectivity index (χ1) is 7.15. The monoisotopic (exact) mass is 215 g/mol. The molecule has 1 N–H and O–H groups in total. The van der Waals surface area contributed by atoms with Crippen LogP contribution in [0.4, 0.5) is 0 Å². The molecule has 0 aliphatic heterocycles. The van der Waals surface area contributed by atoms with Crippen LogP contribution in [0, 0.1) is 5.92 Å². The minimum absolute atomic E-state index is 0.0446. The van der Waals surface area contributed by atoms with Gasteiger partial charge in [-0.1, -0.05) is 0 Å². The second kappa shape index (κ2) is 6.08. The third-order valence-corrected chi connectivity index (χ3v) is 2.72. The Hall–Kier alpha value is -0.610. The van der Waals surface area contributed by atoms with Crippen LogP contribution in [-0.4, -0.2) is 48.8 Å². The van der Waals surface area contributed by atoms with Crippen molar-refractivity contribution in [2.24, 2.45) is 5.92 Å². The van der Waals surface area contributed by atoms with Gasteiger partial charge in [0.15, 0.2) is 0 Å². The molecule has 1 fully saturated rings. The first kappa shape index (κ1) is 12.5. The summed E-state index contributed by atoms with van der Waals surface area (Å²) in [6.45, 7) is 3.47. The molecule has 0 radical (unpaired) electrons. The summed E-state index contributed by atoms with van der Waals surface area (Å²) < 4.78 is 5.11. The van der Waals surface area contributed by atoms with Crippen molar-refractivity contribution < 1.29 is 14.6 Å². The molecule has 0 spiro atoms. The second-order valence-electron chi connectivity index (χ2n) is 4.13. The minimum atomic E-state index is -0.342. The molecule has 0 bridgehead atoms. The average molecular weight is 215 g/mol. The van der Waals surface area contributed by atoms with Crippen molar-refractivity contribution >= 4 is 5.91 Å². The highest BCUT2D eigenvalue weighted by molar-refractivity contribution is 5.75. The number of amides is 1. The Balaban J connectivity index is 2.13. The van der Waals surface area contributed by atoms with E-state index in [1.807, 2.05) is 6.92 Å². The molecular weight excluding hydrogens is 194 g/mol. The van der Waals surface area contributed by atoms with E-state index < -0.39 is 0 Å². The van der Waals surface area contributed by atoms with Crippen LogP contribution in [0.15, 0.2) is 0 Å². The van der Waals surface area contributed by atoms with E-state index in [1.165, 1.54) is 0 Å². The van der Waals surface area contributed by atoms with Crippen LogP contribution in [0.25, 0.3) is 0 Å². The van der Waals surface area contributed by atoms with Crippen molar-refractivity contribution in [3.8, 4) is 0 Å². The molecule has 0 aromatic rings. The van der Waals surface area contributed by atoms with Gasteiger partial charge in [0.1, 0.15) is 0 Å². The lowest BCUT2D eigenvalue weighted by atomic mass is 10.2. The van der Waals surface area contributed by atoms with Gasteiger partial charge in [0.05, 0.1) is 19.1 Å². The van der Waals surface area contributed by atoms with Gasteiger partial charge in [-0.05, 0) is 25.7 Å². The Kier molecular flexibility index (Phi) is 5.05. The molecule has 0 heterocycles. The first-order valence-corrected chi connectivity index (χ1v) is 5.65. The SMILES string of the molecule is CCOCCC(=O)N(C)CC(O)C1CC1. The molecule has 1 aliphatic rings. The van der Waals surface area contributed by atoms with Crippen LogP contribution in [-0.2, 0) is 9.53 Å². The highest BCUT2D eigenvalue weighted by Gasteiger charge is 2.30. The van der Waals surface area contributed by atoms with E-state index in [1.54, 1.807) is 11.9 Å². The van der Waals surface area contributed by atoms with Crippen molar-refractivity contribution in [1.82, 2.24) is 4.90 Å². The van der Waals surface area contributed by atoms with Gasteiger partial charge in [0.25, 0.3) is 0 Å². The highest BCUT2D eigenvalue weighted by atomic mass is 16.5. The number of carbonyl (C=O) groups is 1. The van der Waals surface area contributed by atoms with Crippen LogP contribution in [0.1, 0.15) is 26.2 Å². The van der Waals surface area contributed by atoms with Gasteiger partial charge in [0, 0.05) is 20.2 Å². The maximum Gasteiger partial charge on any atom is 0.224 e. The van der Waals surface area contributed by atoms with Gasteiger partial charge in [-0.15, -0.1) is 0 Å². The van der Waals surface area contributed by atoms with Crippen molar-refractivity contribution in [1.29, 1.82) is 0 Å². The number of carbonyl (C=O) groups excluding carboxylic acids is 1. The Bertz CT molecular complexity index is 204. The summed E-state index contributed by atoms with van der Waals surface area (Å²) >= 11 is 0. The molecule has 1 aliphatic carbocycles. The third kappa shape index (κ3) is 4.62. The van der Waals surface area contributed by atoms with Crippen molar-refractivity contribution in [2.45, 2.75) is 32.3 Å². The van der Waals surface area contributed by atoms with Gasteiger partial charge >= 0.3 is 0 Å². The smallest absolute Gasteiger partial charge is 0.224 e. The second-order valence-corrected chi connectivity index (χ2v) is 4.13. The standard InChI is InChI=1S/C11H21NO3/c1-3-15-7-6-11(14)12(2)8-10(13)9-4-5-9/h9-10,13H,3-8H2,1-2H3. The van der Waals surface area contributed by atoms with Gasteiger partial charge in [-0.3, -0.25) is 4.79 Å². The highest BCUT2D eigenvalue weighted by Crippen LogP contribution is 2.32. The molecule has 4 nitrogen and oxygen atoms in total. The molecule has 0 aromatic carbocycles. The zero-order chi connectivity index (χ0) is 11.3. The number of hydrogen-bond donors (Lipinski definition) is 1. The third-order valence-electron chi connectivity index (χ3n) is 2.72. The molecule has 1 atom stereocenters. The molecule has 1 rings (SSSR count). The number of rotatable bonds is 7. The molecule has 15 heavy (non-hydrogen) atoms. The summed E-state index contributed by atoms with van der Waals surface area (Å²) in [4.78, 5) is 13.1. The summed E-state index contributed by atoms with van der Waals surface area (Å²) in [5.74, 6) is 0.468. The van der Waals surface area contributed by atoms with Crippen LogP contribution < -0.4 is 0 Å². The van der Waals surface area contributed by atoms with Crippen molar-refractivity contribution in [2.75, 3.05) is 26.8 Å². The van der Waals surface area contributed by atoms with Crippen LogP contribution in [0.3, 0.4) is 0 Å². The zero-order valence-electron chi connectivity index (χ0n) is 9.61. The minimum Gasteiger partial charge on any atom is -0.391 e. The maximum atomic E-state index is 11.5. The summed E-state index contributed by atoms with van der Waals surface area (Å²) in [6.07, 6.45) is 2.26. The Morgan fingerprint density at radius 3 is 2.80 bits per heavy atom. The number of hydrogen-bond acceptors (Lipinski definition) is 3. The molecule has 0 saturated heterocycles. The summed E-state index contributed by atoms with van der Waals surface area (Å²) in [5.41, 5.74) is 0. The lowest BCUT2D eigenvalue weighted by molar-refractivity contribution is -0.132. The van der Waals surface area contributed by atoms with Gasteiger partial charge in [-0.25, -0.2) is 0 Å². The lowest BCUT2D eigenvalue weighted by Gasteiger charge is -2.20. The predicted molar refractivity (Wildman–Crippen MR) is 57.5 cm³/mol. The van der Waals surface area contributed by atoms with Gasteiger partial charge in [-0.2, -0.15) is 0 Å². The number of likely N-dealkylation sites (N-methyl/N-ethyl adjacent to an activating group) is 1. The van der Waals surface area contributed by atoms with E-state index in [0.717, 1.165) is 12.8 Å². The summed E-state index contributed by atoms with van der Waals surface area (Å²) in [6, 6.07) is 0. The quantitative estimate of drug-likeness (QED) is 0.634. The fourth-order valence-corrected chi connectivity index (χ4v) is 1.51. The molecule has 1 unspecified atom stereocenters. The van der Waals surface area contributed by atoms with Crippen molar-refractivity contribution in [3.05, 3.63) is 0 Å². The average Bonchev–Trinajstić information content (AvgIpc) is 3.00. The fourth-order valence-electron chi connectivity index (χ4n) is 1.51. The summed E-state index contributed by atoms with van der Waals surface area (Å²) in [5, 5.41) is 9.65. The number of ether oxygens (including phenoxy) is 1. The van der Waals surface area contributed by atoms with E-state index in [9.17, 15) is 9.90 Å². The number of aliphatic hydroxyl groups excluding tert-OH is 1. The number of nitrogens with zero attached hydrogens (tertiary/aromatic N) is 1. The predicted octanol–water partition coefficient (Wildman–Crippen LogP) is 0.642. The molecule has 4 heteroatoms. The van der Waals surface area contributed by atoms with Gasteiger partial charge in [0.2, 0.25) is 5.91 Å². The maximum absolute atomic E-state index is 11.5. The van der Waals surface area contributed by atoms with E-state index in [2.05, 4.69) is 0 Å². The Morgan fingerprint density at radius 2 is 2.27 bits per heavy atom. The van der Waals surface area contributed by atoms with E-state index in [4.69, 9.17) is 4.74 Å². The van der Waals surface area contributed by atoms with Crippen LogP contribution in [0.5, 0.6) is 0 Å². The van der Waals surface area contributed by atoms with Crippen LogP contribution >= 0.6 is 0 Å². The Labute approximate surface area is 91.2 Å².